The number of amides is 1. The standard InChI is InChI=1S/C15H21NO3/c1-2-11-18-14-9-6-10-16(12-14)15(17)19-13-7-4-3-5-8-13/h3-5,7-8,14H,2,6,9-12H2,1H3. The number of likely N-dealkylation sites (tertiary alicyclic amines) is 1. The molecule has 1 fully saturated rings. The minimum Gasteiger partial charge on any atom is -0.410 e. The molecule has 0 aliphatic carbocycles. The van der Waals surface area contributed by atoms with Crippen LogP contribution in [0, 0.1) is 0 Å². The van der Waals surface area contributed by atoms with E-state index < -0.39 is 0 Å². The first-order chi connectivity index (χ1) is 9.29. The van der Waals surface area contributed by atoms with Crippen LogP contribution in [0.5, 0.6) is 5.75 Å². The molecule has 1 aromatic carbocycles. The van der Waals surface area contributed by atoms with Gasteiger partial charge in [0.25, 0.3) is 0 Å². The number of hydrogen-bond acceptors (Lipinski definition) is 3. The molecule has 1 aliphatic heterocycles. The number of rotatable bonds is 4. The molecule has 1 saturated heterocycles. The van der Waals surface area contributed by atoms with Crippen LogP contribution in [0.2, 0.25) is 0 Å². The van der Waals surface area contributed by atoms with Crippen molar-refractivity contribution in [3.63, 3.8) is 0 Å². The van der Waals surface area contributed by atoms with E-state index in [4.69, 9.17) is 9.47 Å². The minimum absolute atomic E-state index is 0.150. The first kappa shape index (κ1) is 13.9. The van der Waals surface area contributed by atoms with Crippen LogP contribution in [0.15, 0.2) is 30.3 Å². The van der Waals surface area contributed by atoms with Crippen molar-refractivity contribution in [2.24, 2.45) is 0 Å². The van der Waals surface area contributed by atoms with Crippen molar-refractivity contribution in [2.75, 3.05) is 19.7 Å². The molecule has 0 N–H and O–H groups in total. The SMILES string of the molecule is CCCOC1CCCN(C(=O)Oc2ccccc2)C1. The highest BCUT2D eigenvalue weighted by atomic mass is 16.6. The number of benzene rings is 1. The summed E-state index contributed by atoms with van der Waals surface area (Å²) in [7, 11) is 0. The number of hydrogen-bond donors (Lipinski definition) is 0. The van der Waals surface area contributed by atoms with E-state index in [0.29, 0.717) is 12.3 Å². The van der Waals surface area contributed by atoms with Crippen molar-refractivity contribution in [1.82, 2.24) is 4.90 Å². The zero-order chi connectivity index (χ0) is 13.5. The van der Waals surface area contributed by atoms with Crippen molar-refractivity contribution in [3.8, 4) is 5.75 Å². The molecule has 1 unspecified atom stereocenters. The Morgan fingerprint density at radius 2 is 2.16 bits per heavy atom. The first-order valence-corrected chi connectivity index (χ1v) is 6.93. The topological polar surface area (TPSA) is 38.8 Å². The second-order valence-electron chi connectivity index (χ2n) is 4.76. The van der Waals surface area contributed by atoms with Crippen molar-refractivity contribution in [1.29, 1.82) is 0 Å². The van der Waals surface area contributed by atoms with E-state index in [-0.39, 0.29) is 12.2 Å². The Morgan fingerprint density at radius 3 is 2.89 bits per heavy atom. The lowest BCUT2D eigenvalue weighted by molar-refractivity contribution is 0.00470. The van der Waals surface area contributed by atoms with Crippen LogP contribution in [0.25, 0.3) is 0 Å². The maximum Gasteiger partial charge on any atom is 0.415 e. The van der Waals surface area contributed by atoms with Gasteiger partial charge in [0.05, 0.1) is 12.6 Å². The van der Waals surface area contributed by atoms with Gasteiger partial charge < -0.3 is 14.4 Å². The molecular weight excluding hydrogens is 242 g/mol. The quantitative estimate of drug-likeness (QED) is 0.838. The Kier molecular flexibility index (Phi) is 5.21. The van der Waals surface area contributed by atoms with E-state index in [0.717, 1.165) is 32.4 Å². The predicted molar refractivity (Wildman–Crippen MR) is 73.3 cm³/mol. The smallest absolute Gasteiger partial charge is 0.410 e. The average Bonchev–Trinajstić information content (AvgIpc) is 2.46. The summed E-state index contributed by atoms with van der Waals surface area (Å²) in [6, 6.07) is 9.17. The fourth-order valence-electron chi connectivity index (χ4n) is 2.18. The van der Waals surface area contributed by atoms with Gasteiger partial charge >= 0.3 is 6.09 Å². The first-order valence-electron chi connectivity index (χ1n) is 6.93. The second-order valence-corrected chi connectivity index (χ2v) is 4.76. The molecule has 0 radical (unpaired) electrons. The summed E-state index contributed by atoms with van der Waals surface area (Å²) >= 11 is 0. The van der Waals surface area contributed by atoms with Gasteiger partial charge in [-0.2, -0.15) is 0 Å². The predicted octanol–water partition coefficient (Wildman–Crippen LogP) is 3.08. The normalized spacial score (nSPS) is 19.2. The lowest BCUT2D eigenvalue weighted by Gasteiger charge is -2.31. The van der Waals surface area contributed by atoms with Crippen molar-refractivity contribution >= 4 is 6.09 Å². The molecule has 4 nitrogen and oxygen atoms in total. The Bertz CT molecular complexity index is 394. The molecule has 1 aromatic rings. The maximum atomic E-state index is 12.0. The highest BCUT2D eigenvalue weighted by Gasteiger charge is 2.25. The van der Waals surface area contributed by atoms with Gasteiger partial charge in [0.2, 0.25) is 0 Å². The largest absolute Gasteiger partial charge is 0.415 e. The van der Waals surface area contributed by atoms with Crippen LogP contribution in [-0.2, 0) is 4.74 Å². The monoisotopic (exact) mass is 263 g/mol. The molecule has 104 valence electrons. The van der Waals surface area contributed by atoms with E-state index in [1.165, 1.54) is 0 Å². The van der Waals surface area contributed by atoms with Crippen LogP contribution in [0.3, 0.4) is 0 Å². The third-order valence-electron chi connectivity index (χ3n) is 3.14. The third kappa shape index (κ3) is 4.24. The Hall–Kier alpha value is -1.55. The lowest BCUT2D eigenvalue weighted by Crippen LogP contribution is -2.44. The summed E-state index contributed by atoms with van der Waals surface area (Å²) in [5.41, 5.74) is 0. The zero-order valence-electron chi connectivity index (χ0n) is 11.4. The summed E-state index contributed by atoms with van der Waals surface area (Å²) in [4.78, 5) is 13.8. The van der Waals surface area contributed by atoms with Gasteiger partial charge in [0.15, 0.2) is 0 Å². The molecule has 1 aliphatic rings. The van der Waals surface area contributed by atoms with E-state index in [9.17, 15) is 4.79 Å². The summed E-state index contributed by atoms with van der Waals surface area (Å²) in [5, 5.41) is 0. The zero-order valence-corrected chi connectivity index (χ0v) is 11.4. The van der Waals surface area contributed by atoms with Crippen LogP contribution in [-0.4, -0.2) is 36.8 Å². The molecule has 19 heavy (non-hydrogen) atoms. The molecule has 1 amide bonds. The number of nitrogens with zero attached hydrogens (tertiary/aromatic N) is 1. The minimum atomic E-state index is -0.281. The van der Waals surface area contributed by atoms with Gasteiger partial charge in [0, 0.05) is 13.2 Å². The highest BCUT2D eigenvalue weighted by Crippen LogP contribution is 2.16. The second kappa shape index (κ2) is 7.14. The molecule has 1 atom stereocenters. The third-order valence-corrected chi connectivity index (χ3v) is 3.14. The van der Waals surface area contributed by atoms with E-state index in [2.05, 4.69) is 6.92 Å². The van der Waals surface area contributed by atoms with E-state index in [1.807, 2.05) is 18.2 Å². The highest BCUT2D eigenvalue weighted by molar-refractivity contribution is 5.70. The van der Waals surface area contributed by atoms with Gasteiger partial charge in [-0.05, 0) is 31.4 Å². The number of carbonyl (C=O) groups excluding carboxylic acids is 1. The van der Waals surface area contributed by atoms with Gasteiger partial charge in [-0.3, -0.25) is 0 Å². The molecule has 2 rings (SSSR count). The Balaban J connectivity index is 1.85. The molecule has 0 saturated carbocycles. The number of para-hydroxylation sites is 1. The van der Waals surface area contributed by atoms with E-state index >= 15 is 0 Å². The molecule has 1 heterocycles. The van der Waals surface area contributed by atoms with Crippen molar-refractivity contribution < 1.29 is 14.3 Å². The van der Waals surface area contributed by atoms with Crippen LogP contribution in [0.4, 0.5) is 4.79 Å². The summed E-state index contributed by atoms with van der Waals surface area (Å²) < 4.78 is 11.1. The number of piperidine rings is 1. The number of carbonyl (C=O) groups is 1. The maximum absolute atomic E-state index is 12.0. The van der Waals surface area contributed by atoms with Gasteiger partial charge in [0.1, 0.15) is 5.75 Å². The van der Waals surface area contributed by atoms with Gasteiger partial charge in [-0.25, -0.2) is 4.79 Å². The molecular formula is C15H21NO3. The average molecular weight is 263 g/mol. The lowest BCUT2D eigenvalue weighted by atomic mass is 10.1. The Morgan fingerprint density at radius 1 is 1.37 bits per heavy atom. The fraction of sp³-hybridized carbons (Fsp3) is 0.533. The van der Waals surface area contributed by atoms with Crippen molar-refractivity contribution in [2.45, 2.75) is 32.3 Å². The fourth-order valence-corrected chi connectivity index (χ4v) is 2.18. The molecule has 0 aromatic heterocycles. The summed E-state index contributed by atoms with van der Waals surface area (Å²) in [6.07, 6.45) is 2.87. The van der Waals surface area contributed by atoms with E-state index in [1.54, 1.807) is 17.0 Å². The van der Waals surface area contributed by atoms with Crippen molar-refractivity contribution in [3.05, 3.63) is 30.3 Å². The Labute approximate surface area is 114 Å². The van der Waals surface area contributed by atoms with Gasteiger partial charge in [-0.15, -0.1) is 0 Å². The number of ether oxygens (including phenoxy) is 2. The summed E-state index contributed by atoms with van der Waals surface area (Å²) in [6.45, 7) is 4.22. The molecule has 0 bridgehead atoms. The van der Waals surface area contributed by atoms with Gasteiger partial charge in [-0.1, -0.05) is 25.1 Å². The van der Waals surface area contributed by atoms with Crippen LogP contribution < -0.4 is 4.74 Å². The molecule has 0 spiro atoms. The summed E-state index contributed by atoms with van der Waals surface area (Å²) in [5.74, 6) is 0.587. The van der Waals surface area contributed by atoms with Crippen LogP contribution in [0.1, 0.15) is 26.2 Å². The van der Waals surface area contributed by atoms with Crippen LogP contribution >= 0.6 is 0 Å². The molecule has 4 heteroatoms.